The highest BCUT2D eigenvalue weighted by atomic mass is 35.5. The van der Waals surface area contributed by atoms with Crippen molar-refractivity contribution < 1.29 is 4.39 Å². The zero-order chi connectivity index (χ0) is 8.43. The Kier molecular flexibility index (Phi) is 4.31. The van der Waals surface area contributed by atoms with Crippen molar-refractivity contribution in [1.29, 1.82) is 0 Å². The van der Waals surface area contributed by atoms with Gasteiger partial charge in [0.15, 0.2) is 0 Å². The minimum absolute atomic E-state index is 0. The Morgan fingerprint density at radius 1 is 1.50 bits per heavy atom. The second-order valence-corrected chi connectivity index (χ2v) is 2.63. The minimum Gasteiger partial charge on any atom is -0.321 e. The maximum atomic E-state index is 12.8. The van der Waals surface area contributed by atoms with Crippen LogP contribution in [0, 0.1) is 12.7 Å². The molecule has 1 aromatic carbocycles. The van der Waals surface area contributed by atoms with Crippen LogP contribution in [0.3, 0.4) is 0 Å². The van der Waals surface area contributed by atoms with E-state index in [1.807, 2.05) is 0 Å². The molecule has 0 aliphatic carbocycles. The molecule has 0 aliphatic rings. The van der Waals surface area contributed by atoms with Gasteiger partial charge in [0.2, 0.25) is 0 Å². The van der Waals surface area contributed by atoms with Crippen LogP contribution in [-0.2, 0) is 0 Å². The van der Waals surface area contributed by atoms with Gasteiger partial charge in [0, 0.05) is 5.02 Å². The number of aryl methyl sites for hydroxylation is 1. The molecule has 5 heteroatoms. The lowest BCUT2D eigenvalue weighted by Gasteiger charge is -2.04. The van der Waals surface area contributed by atoms with Crippen LogP contribution in [0.25, 0.3) is 0 Å². The fourth-order valence-corrected chi connectivity index (χ4v) is 0.918. The SMILES string of the molecule is Cc1cc(NN)c(F)cc1Cl.Cl. The van der Waals surface area contributed by atoms with Crippen molar-refractivity contribution >= 4 is 29.7 Å². The average molecular weight is 211 g/mol. The van der Waals surface area contributed by atoms with Crippen molar-refractivity contribution in [3.05, 3.63) is 28.5 Å². The summed E-state index contributed by atoms with van der Waals surface area (Å²) in [7, 11) is 0. The van der Waals surface area contributed by atoms with Gasteiger partial charge in [-0.15, -0.1) is 12.4 Å². The summed E-state index contributed by atoms with van der Waals surface area (Å²) in [5, 5.41) is 0.404. The fourth-order valence-electron chi connectivity index (χ4n) is 0.768. The first kappa shape index (κ1) is 11.5. The zero-order valence-corrected chi connectivity index (χ0v) is 7.97. The van der Waals surface area contributed by atoms with Gasteiger partial charge in [-0.05, 0) is 24.6 Å². The lowest BCUT2D eigenvalue weighted by atomic mass is 10.2. The molecular weight excluding hydrogens is 202 g/mol. The number of benzene rings is 1. The normalized spacial score (nSPS) is 9.00. The summed E-state index contributed by atoms with van der Waals surface area (Å²) < 4.78 is 12.8. The number of hydrogen-bond donors (Lipinski definition) is 2. The van der Waals surface area contributed by atoms with Crippen LogP contribution in [0.1, 0.15) is 5.56 Å². The lowest BCUT2D eigenvalue weighted by molar-refractivity contribution is 0.630. The molecule has 0 bridgehead atoms. The monoisotopic (exact) mass is 210 g/mol. The Morgan fingerprint density at radius 2 is 2.08 bits per heavy atom. The molecule has 0 radical (unpaired) electrons. The molecule has 0 aromatic heterocycles. The van der Waals surface area contributed by atoms with Gasteiger partial charge in [-0.2, -0.15) is 0 Å². The van der Waals surface area contributed by atoms with E-state index in [2.05, 4.69) is 5.43 Å². The van der Waals surface area contributed by atoms with Crippen LogP contribution < -0.4 is 11.3 Å². The van der Waals surface area contributed by atoms with Crippen LogP contribution in [0.4, 0.5) is 10.1 Å². The molecule has 1 aromatic rings. The van der Waals surface area contributed by atoms with E-state index in [0.717, 1.165) is 5.56 Å². The Hall–Kier alpha value is -0.510. The van der Waals surface area contributed by atoms with E-state index >= 15 is 0 Å². The molecule has 0 saturated heterocycles. The van der Waals surface area contributed by atoms with Crippen molar-refractivity contribution in [2.24, 2.45) is 5.84 Å². The number of anilines is 1. The minimum atomic E-state index is -0.442. The standard InChI is InChI=1S/C7H8ClFN2.ClH/c1-4-2-7(11-10)6(9)3-5(4)8;/h2-3,11H,10H2,1H3;1H. The largest absolute Gasteiger partial charge is 0.321 e. The van der Waals surface area contributed by atoms with Crippen molar-refractivity contribution in [2.75, 3.05) is 5.43 Å². The molecule has 0 heterocycles. The van der Waals surface area contributed by atoms with E-state index in [0.29, 0.717) is 5.02 Å². The molecule has 0 unspecified atom stereocenters. The Morgan fingerprint density at radius 3 is 2.58 bits per heavy atom. The first-order valence-electron chi connectivity index (χ1n) is 3.07. The van der Waals surface area contributed by atoms with Gasteiger partial charge < -0.3 is 5.43 Å². The van der Waals surface area contributed by atoms with Crippen molar-refractivity contribution in [2.45, 2.75) is 6.92 Å². The molecule has 1 rings (SSSR count). The highest BCUT2D eigenvalue weighted by Crippen LogP contribution is 2.22. The molecule has 2 nitrogen and oxygen atoms in total. The molecule has 12 heavy (non-hydrogen) atoms. The first-order chi connectivity index (χ1) is 5.15. The molecule has 3 N–H and O–H groups in total. The molecule has 0 fully saturated rings. The fraction of sp³-hybridized carbons (Fsp3) is 0.143. The third-order valence-electron chi connectivity index (χ3n) is 1.40. The summed E-state index contributed by atoms with van der Waals surface area (Å²) in [4.78, 5) is 0. The van der Waals surface area contributed by atoms with Gasteiger partial charge in [-0.3, -0.25) is 5.84 Å². The van der Waals surface area contributed by atoms with Gasteiger partial charge >= 0.3 is 0 Å². The topological polar surface area (TPSA) is 38.0 Å². The predicted octanol–water partition coefficient (Wildman–Crippen LogP) is 2.49. The van der Waals surface area contributed by atoms with Gasteiger partial charge in [0.05, 0.1) is 5.69 Å². The number of halogens is 3. The Bertz CT molecular complexity index is 278. The van der Waals surface area contributed by atoms with Crippen molar-refractivity contribution in [1.82, 2.24) is 0 Å². The number of nitrogens with two attached hydrogens (primary N) is 1. The number of rotatable bonds is 1. The first-order valence-corrected chi connectivity index (χ1v) is 3.45. The van der Waals surface area contributed by atoms with Crippen LogP contribution in [0.15, 0.2) is 12.1 Å². The van der Waals surface area contributed by atoms with E-state index in [9.17, 15) is 4.39 Å². The zero-order valence-electron chi connectivity index (χ0n) is 6.40. The van der Waals surface area contributed by atoms with Crippen molar-refractivity contribution in [3.63, 3.8) is 0 Å². The molecule has 68 valence electrons. The highest BCUT2D eigenvalue weighted by molar-refractivity contribution is 6.31. The summed E-state index contributed by atoms with van der Waals surface area (Å²) in [6.07, 6.45) is 0. The Labute approximate surface area is 81.3 Å². The van der Waals surface area contributed by atoms with E-state index in [-0.39, 0.29) is 18.1 Å². The summed E-state index contributed by atoms with van der Waals surface area (Å²) >= 11 is 5.63. The lowest BCUT2D eigenvalue weighted by Crippen LogP contribution is -2.08. The van der Waals surface area contributed by atoms with Gasteiger partial charge in [0.1, 0.15) is 5.82 Å². The van der Waals surface area contributed by atoms with Crippen LogP contribution >= 0.6 is 24.0 Å². The maximum absolute atomic E-state index is 12.8. The average Bonchev–Trinajstić information content (AvgIpc) is 1.97. The quantitative estimate of drug-likeness (QED) is 0.553. The van der Waals surface area contributed by atoms with Gasteiger partial charge in [-0.25, -0.2) is 4.39 Å². The van der Waals surface area contributed by atoms with E-state index < -0.39 is 5.82 Å². The molecular formula is C7H9Cl2FN2. The van der Waals surface area contributed by atoms with E-state index in [4.69, 9.17) is 17.4 Å². The number of nitrogen functional groups attached to an aromatic ring is 1. The molecule has 0 saturated carbocycles. The summed E-state index contributed by atoms with van der Waals surface area (Å²) in [5.41, 5.74) is 3.28. The Balaban J connectivity index is 0.00000121. The second-order valence-electron chi connectivity index (χ2n) is 2.23. The second kappa shape index (κ2) is 4.50. The molecule has 0 amide bonds. The van der Waals surface area contributed by atoms with Gasteiger partial charge in [-0.1, -0.05) is 11.6 Å². The van der Waals surface area contributed by atoms with Crippen LogP contribution in [0.5, 0.6) is 0 Å². The predicted molar refractivity (Wildman–Crippen MR) is 51.2 cm³/mol. The third-order valence-corrected chi connectivity index (χ3v) is 1.81. The van der Waals surface area contributed by atoms with Crippen LogP contribution in [-0.4, -0.2) is 0 Å². The van der Waals surface area contributed by atoms with E-state index in [1.54, 1.807) is 13.0 Å². The highest BCUT2D eigenvalue weighted by Gasteiger charge is 2.03. The summed E-state index contributed by atoms with van der Waals surface area (Å²) in [5.74, 6) is 4.59. The van der Waals surface area contributed by atoms with Crippen LogP contribution in [0.2, 0.25) is 5.02 Å². The van der Waals surface area contributed by atoms with Crippen molar-refractivity contribution in [3.8, 4) is 0 Å². The molecule has 0 atom stereocenters. The molecule has 0 spiro atoms. The number of hydrogen-bond acceptors (Lipinski definition) is 2. The molecule has 0 aliphatic heterocycles. The third kappa shape index (κ3) is 2.24. The number of hydrazine groups is 1. The van der Waals surface area contributed by atoms with Gasteiger partial charge in [0.25, 0.3) is 0 Å². The number of nitrogens with one attached hydrogen (secondary N) is 1. The maximum Gasteiger partial charge on any atom is 0.149 e. The smallest absolute Gasteiger partial charge is 0.149 e. The summed E-state index contributed by atoms with van der Waals surface area (Å²) in [6.45, 7) is 1.78. The summed E-state index contributed by atoms with van der Waals surface area (Å²) in [6, 6.07) is 2.78. The van der Waals surface area contributed by atoms with E-state index in [1.165, 1.54) is 6.07 Å².